The Labute approximate surface area is 240 Å². The van der Waals surface area contributed by atoms with E-state index in [1.807, 2.05) is 6.92 Å². The number of hydrogen-bond donors (Lipinski definition) is 2. The van der Waals surface area contributed by atoms with E-state index in [4.69, 9.17) is 4.74 Å². The van der Waals surface area contributed by atoms with Crippen molar-refractivity contribution in [2.75, 3.05) is 27.7 Å². The Morgan fingerprint density at radius 2 is 1.74 bits per heavy atom. The molecule has 1 saturated heterocycles. The van der Waals surface area contributed by atoms with Crippen molar-refractivity contribution in [2.24, 2.45) is 0 Å². The highest BCUT2D eigenvalue weighted by Crippen LogP contribution is 2.51. The largest absolute Gasteiger partial charge is 0.496 e. The zero-order valence-electron chi connectivity index (χ0n) is 23.5. The zero-order chi connectivity index (χ0) is 30.1. The third-order valence-corrected chi connectivity index (χ3v) is 8.54. The number of carbonyl (C=O) groups is 4. The highest BCUT2D eigenvalue weighted by atomic mass is 19.1. The van der Waals surface area contributed by atoms with E-state index in [0.717, 1.165) is 16.5 Å². The minimum atomic E-state index is -1.73. The van der Waals surface area contributed by atoms with Crippen molar-refractivity contribution >= 4 is 29.1 Å². The number of nitrogens with zero attached hydrogens (tertiary/aromatic N) is 2. The number of ketones is 2. The molecule has 216 valence electrons. The first-order chi connectivity index (χ1) is 20.0. The maximum absolute atomic E-state index is 14.5. The van der Waals surface area contributed by atoms with Crippen molar-refractivity contribution in [3.8, 4) is 5.75 Å². The number of rotatable bonds is 6. The molecular weight excluding hydrogens is 546 g/mol. The lowest BCUT2D eigenvalue weighted by molar-refractivity contribution is -0.130. The fourth-order valence-electron chi connectivity index (χ4n) is 6.55. The van der Waals surface area contributed by atoms with Gasteiger partial charge in [-0.2, -0.15) is 0 Å². The van der Waals surface area contributed by atoms with Crippen LogP contribution < -0.4 is 10.1 Å². The first-order valence-corrected chi connectivity index (χ1v) is 13.4. The lowest BCUT2D eigenvalue weighted by Gasteiger charge is -2.42. The van der Waals surface area contributed by atoms with Crippen LogP contribution in [0.1, 0.15) is 48.7 Å². The lowest BCUT2D eigenvalue weighted by atomic mass is 9.65. The van der Waals surface area contributed by atoms with E-state index >= 15 is 0 Å². The topological polar surface area (TPSA) is 112 Å². The number of Topliss-reactive ketones (excluding diaryl/α,β-unsaturated/α-hetero) is 2. The second kappa shape index (κ2) is 9.73. The molecule has 0 radical (unpaired) electrons. The summed E-state index contributed by atoms with van der Waals surface area (Å²) >= 11 is 0. The summed E-state index contributed by atoms with van der Waals surface area (Å²) in [5.74, 6) is -2.44. The van der Waals surface area contributed by atoms with Crippen molar-refractivity contribution in [3.63, 3.8) is 0 Å². The van der Waals surface area contributed by atoms with Gasteiger partial charge in [-0.15, -0.1) is 0 Å². The molecule has 3 aliphatic rings. The number of urea groups is 1. The van der Waals surface area contributed by atoms with Crippen molar-refractivity contribution in [1.29, 1.82) is 0 Å². The Morgan fingerprint density at radius 1 is 1.02 bits per heavy atom. The Bertz CT molecular complexity index is 1740. The minimum absolute atomic E-state index is 0.0156. The third kappa shape index (κ3) is 3.76. The van der Waals surface area contributed by atoms with Crippen molar-refractivity contribution in [1.82, 2.24) is 20.1 Å². The van der Waals surface area contributed by atoms with Gasteiger partial charge in [0.1, 0.15) is 17.4 Å². The fourth-order valence-corrected chi connectivity index (χ4v) is 6.55. The molecule has 2 aliphatic carbocycles. The van der Waals surface area contributed by atoms with Gasteiger partial charge in [-0.25, -0.2) is 13.6 Å². The van der Waals surface area contributed by atoms with E-state index in [-0.39, 0.29) is 35.4 Å². The van der Waals surface area contributed by atoms with E-state index < -0.39 is 40.7 Å². The average Bonchev–Trinajstić information content (AvgIpc) is 3.45. The van der Waals surface area contributed by atoms with E-state index in [2.05, 4.69) is 10.3 Å². The molecular formula is C31H28F2N4O5. The maximum Gasteiger partial charge on any atom is 0.327 e. The number of H-pyrrole nitrogens is 1. The van der Waals surface area contributed by atoms with Crippen LogP contribution >= 0.6 is 0 Å². The van der Waals surface area contributed by atoms with Gasteiger partial charge in [0.15, 0.2) is 11.3 Å². The molecule has 1 aliphatic heterocycles. The zero-order valence-corrected chi connectivity index (χ0v) is 23.5. The first-order valence-electron chi connectivity index (χ1n) is 13.4. The summed E-state index contributed by atoms with van der Waals surface area (Å²) in [6, 6.07) is 6.22. The van der Waals surface area contributed by atoms with Crippen LogP contribution in [0.5, 0.6) is 5.75 Å². The molecule has 0 bridgehead atoms. The molecule has 3 aromatic rings. The van der Waals surface area contributed by atoms with Gasteiger partial charge >= 0.3 is 6.03 Å². The summed E-state index contributed by atoms with van der Waals surface area (Å²) < 4.78 is 32.7. The van der Waals surface area contributed by atoms with Crippen LogP contribution in [0.2, 0.25) is 0 Å². The van der Waals surface area contributed by atoms with Gasteiger partial charge in [0, 0.05) is 56.0 Å². The molecule has 1 spiro atoms. The number of aromatic amines is 1. The summed E-state index contributed by atoms with van der Waals surface area (Å²) in [5, 5.41) is 3.11. The van der Waals surface area contributed by atoms with E-state index in [1.165, 1.54) is 38.2 Å². The third-order valence-electron chi connectivity index (χ3n) is 8.54. The van der Waals surface area contributed by atoms with Crippen LogP contribution in [0.15, 0.2) is 42.1 Å². The smallest absolute Gasteiger partial charge is 0.327 e. The number of benzene rings is 2. The number of likely N-dealkylation sites (N-methyl/N-ethyl adjacent to an activating group) is 2. The first kappa shape index (κ1) is 27.5. The standard InChI is InChI=1S/C31H28F2N4O5/c1-15-5-6-21(42-4)20-12-31(29(40)36(2)30(41)37(31)3)25-24(22(15)20)28(39)26-23(27(25)38)17(14-35-26)7-8-34-13-16-9-18(32)11-19(33)10-16/h5-6,9-11,14,34-35H,7-8,12-13H2,1-4H3. The van der Waals surface area contributed by atoms with Gasteiger partial charge in [0.05, 0.1) is 18.4 Å². The summed E-state index contributed by atoms with van der Waals surface area (Å²) in [6.45, 7) is 2.35. The number of aromatic nitrogens is 1. The van der Waals surface area contributed by atoms with Gasteiger partial charge in [-0.1, -0.05) is 6.07 Å². The highest BCUT2D eigenvalue weighted by Gasteiger charge is 2.63. The molecule has 0 saturated carbocycles. The molecule has 6 rings (SSSR count). The molecule has 9 nitrogen and oxygen atoms in total. The number of hydrogen-bond acceptors (Lipinski definition) is 6. The molecule has 3 amide bonds. The molecule has 1 unspecified atom stereocenters. The number of imide groups is 1. The Balaban J connectivity index is 1.42. The molecule has 11 heteroatoms. The molecule has 1 aromatic heterocycles. The summed E-state index contributed by atoms with van der Waals surface area (Å²) in [7, 11) is 4.31. The maximum atomic E-state index is 14.5. The second-order valence-corrected chi connectivity index (χ2v) is 10.9. The number of methoxy groups -OCH3 is 1. The normalized spacial score (nSPS) is 19.6. The van der Waals surface area contributed by atoms with Gasteiger partial charge in [-0.05, 0) is 60.3 Å². The number of fused-ring (bicyclic) bond motifs is 4. The number of ether oxygens (including phenoxy) is 1. The Morgan fingerprint density at radius 3 is 2.38 bits per heavy atom. The summed E-state index contributed by atoms with van der Waals surface area (Å²) in [4.78, 5) is 60.9. The monoisotopic (exact) mass is 574 g/mol. The molecule has 42 heavy (non-hydrogen) atoms. The Kier molecular flexibility index (Phi) is 6.38. The quantitative estimate of drug-likeness (QED) is 0.344. The molecule has 2 heterocycles. The van der Waals surface area contributed by atoms with Gasteiger partial charge in [0.2, 0.25) is 5.78 Å². The lowest BCUT2D eigenvalue weighted by Crippen LogP contribution is -2.56. The van der Waals surface area contributed by atoms with Crippen LogP contribution in [0.3, 0.4) is 0 Å². The van der Waals surface area contributed by atoms with Crippen molar-refractivity contribution in [2.45, 2.75) is 31.8 Å². The summed E-state index contributed by atoms with van der Waals surface area (Å²) in [6.07, 6.45) is 1.87. The van der Waals surface area contributed by atoms with Crippen molar-refractivity contribution < 1.29 is 32.7 Å². The molecule has 2 aromatic carbocycles. The van der Waals surface area contributed by atoms with Crippen LogP contribution in [-0.4, -0.2) is 71.6 Å². The SMILES string of the molecule is COc1ccc(C)c2c1CC1(C(=O)N(C)C(=O)N1C)C1=C2C(=O)c2[nH]cc(CCNCc3cc(F)cc(F)c3)c2C1=O. The Hall–Kier alpha value is -4.64. The number of allylic oxidation sites excluding steroid dienone is 1. The number of nitrogens with one attached hydrogen (secondary N) is 2. The average molecular weight is 575 g/mol. The predicted molar refractivity (Wildman–Crippen MR) is 148 cm³/mol. The number of carbonyl (C=O) groups excluding carboxylic acids is 4. The second-order valence-electron chi connectivity index (χ2n) is 10.9. The van der Waals surface area contributed by atoms with E-state index in [0.29, 0.717) is 41.0 Å². The van der Waals surface area contributed by atoms with Crippen LogP contribution in [0.4, 0.5) is 13.6 Å². The van der Waals surface area contributed by atoms with E-state index in [9.17, 15) is 28.0 Å². The van der Waals surface area contributed by atoms with Crippen LogP contribution in [0.25, 0.3) is 5.57 Å². The van der Waals surface area contributed by atoms with Gasteiger partial charge in [0.25, 0.3) is 5.91 Å². The van der Waals surface area contributed by atoms with Crippen LogP contribution in [0, 0.1) is 18.6 Å². The van der Waals surface area contributed by atoms with Crippen LogP contribution in [-0.2, 0) is 24.2 Å². The minimum Gasteiger partial charge on any atom is -0.496 e. The van der Waals surface area contributed by atoms with Gasteiger partial charge in [-0.3, -0.25) is 19.3 Å². The number of halogens is 2. The van der Waals surface area contributed by atoms with E-state index in [1.54, 1.807) is 18.3 Å². The predicted octanol–water partition coefficient (Wildman–Crippen LogP) is 3.59. The molecule has 1 fully saturated rings. The summed E-state index contributed by atoms with van der Waals surface area (Å²) in [5.41, 5.74) is 1.42. The molecule has 1 atom stereocenters. The van der Waals surface area contributed by atoms with Gasteiger partial charge < -0.3 is 19.9 Å². The molecule has 2 N–H and O–H groups in total. The highest BCUT2D eigenvalue weighted by molar-refractivity contribution is 6.43. The van der Waals surface area contributed by atoms with Crippen molar-refractivity contribution in [3.05, 3.63) is 92.8 Å². The number of aryl methyl sites for hydroxylation is 1. The fraction of sp³-hybridized carbons (Fsp3) is 0.290. The number of amides is 3.